The van der Waals surface area contributed by atoms with Gasteiger partial charge in [0.2, 0.25) is 0 Å². The predicted molar refractivity (Wildman–Crippen MR) is 59.4 cm³/mol. The van der Waals surface area contributed by atoms with Crippen LogP contribution < -0.4 is 5.73 Å². The molecule has 0 heterocycles. The van der Waals surface area contributed by atoms with Crippen LogP contribution in [0, 0.1) is 0 Å². The number of hydrogen-bond donors (Lipinski definition) is 1. The zero-order valence-corrected chi connectivity index (χ0v) is 8.83. The Morgan fingerprint density at radius 3 is 2.54 bits per heavy atom. The van der Waals surface area contributed by atoms with E-state index in [0.29, 0.717) is 6.54 Å². The minimum atomic E-state index is 0.714. The van der Waals surface area contributed by atoms with Gasteiger partial charge in [-0.05, 0) is 32.0 Å². The van der Waals surface area contributed by atoms with Crippen molar-refractivity contribution in [2.75, 3.05) is 20.6 Å². The molecule has 0 atom stereocenters. The van der Waals surface area contributed by atoms with Crippen molar-refractivity contribution in [3.05, 3.63) is 36.1 Å². The van der Waals surface area contributed by atoms with E-state index in [1.807, 2.05) is 33.2 Å². The highest BCUT2D eigenvalue weighted by Gasteiger charge is 1.89. The Morgan fingerprint density at radius 1 is 1.38 bits per heavy atom. The Morgan fingerprint density at radius 2 is 2.08 bits per heavy atom. The monoisotopic (exact) mass is 180 g/mol. The molecule has 0 aliphatic rings. The van der Waals surface area contributed by atoms with E-state index in [9.17, 15) is 0 Å². The van der Waals surface area contributed by atoms with Crippen molar-refractivity contribution in [2.24, 2.45) is 5.73 Å². The zero-order chi connectivity index (χ0) is 10.1. The molecule has 2 N–H and O–H groups in total. The number of allylic oxidation sites excluding steroid dienone is 4. The van der Waals surface area contributed by atoms with Crippen LogP contribution in [0.1, 0.15) is 13.3 Å². The molecule has 0 aromatic heterocycles. The quantitative estimate of drug-likeness (QED) is 0.655. The van der Waals surface area contributed by atoms with E-state index < -0.39 is 0 Å². The fourth-order valence-corrected chi connectivity index (χ4v) is 0.884. The van der Waals surface area contributed by atoms with Gasteiger partial charge in [-0.2, -0.15) is 0 Å². The molecule has 0 unspecified atom stereocenters. The molecule has 0 saturated heterocycles. The lowest BCUT2D eigenvalue weighted by atomic mass is 10.3. The molecule has 0 fully saturated rings. The van der Waals surface area contributed by atoms with E-state index in [1.54, 1.807) is 0 Å². The molecule has 0 spiro atoms. The lowest BCUT2D eigenvalue weighted by molar-refractivity contribution is 0.530. The fourth-order valence-electron chi connectivity index (χ4n) is 0.884. The van der Waals surface area contributed by atoms with Crippen LogP contribution >= 0.6 is 0 Å². The van der Waals surface area contributed by atoms with E-state index >= 15 is 0 Å². The highest BCUT2D eigenvalue weighted by molar-refractivity contribution is 5.21. The Balaban J connectivity index is 4.19. The van der Waals surface area contributed by atoms with E-state index in [0.717, 1.165) is 6.42 Å². The van der Waals surface area contributed by atoms with Crippen molar-refractivity contribution in [3.8, 4) is 0 Å². The van der Waals surface area contributed by atoms with Gasteiger partial charge in [-0.1, -0.05) is 18.2 Å². The SMILES string of the molecule is C\C=C/C(=C\C=C\CCN)N(C)C. The summed E-state index contributed by atoms with van der Waals surface area (Å²) in [5.41, 5.74) is 6.56. The van der Waals surface area contributed by atoms with Crippen molar-refractivity contribution >= 4 is 0 Å². The number of rotatable bonds is 5. The van der Waals surface area contributed by atoms with E-state index in [4.69, 9.17) is 5.73 Å². The summed E-state index contributed by atoms with van der Waals surface area (Å²) in [5, 5.41) is 0. The lowest BCUT2D eigenvalue weighted by Crippen LogP contribution is -2.08. The average Bonchev–Trinajstić information content (AvgIpc) is 2.10. The van der Waals surface area contributed by atoms with Gasteiger partial charge in [0.1, 0.15) is 0 Å². The van der Waals surface area contributed by atoms with Gasteiger partial charge < -0.3 is 10.6 Å². The molecular formula is C11H20N2. The Kier molecular flexibility index (Phi) is 7.02. The van der Waals surface area contributed by atoms with Crippen molar-refractivity contribution in [2.45, 2.75) is 13.3 Å². The number of nitrogens with zero attached hydrogens (tertiary/aromatic N) is 1. The van der Waals surface area contributed by atoms with Crippen molar-refractivity contribution in [1.82, 2.24) is 4.90 Å². The second-order valence-electron chi connectivity index (χ2n) is 2.99. The number of hydrogen-bond acceptors (Lipinski definition) is 2. The molecule has 0 aromatic rings. The minimum Gasteiger partial charge on any atom is -0.378 e. The van der Waals surface area contributed by atoms with Crippen LogP contribution in [0.5, 0.6) is 0 Å². The molecule has 13 heavy (non-hydrogen) atoms. The second kappa shape index (κ2) is 7.62. The van der Waals surface area contributed by atoms with Crippen molar-refractivity contribution in [1.29, 1.82) is 0 Å². The number of nitrogens with two attached hydrogens (primary N) is 1. The molecule has 0 saturated carbocycles. The molecule has 0 radical (unpaired) electrons. The first-order valence-corrected chi connectivity index (χ1v) is 4.59. The first kappa shape index (κ1) is 12.0. The second-order valence-corrected chi connectivity index (χ2v) is 2.99. The Hall–Kier alpha value is -1.02. The molecule has 2 nitrogen and oxygen atoms in total. The summed E-state index contributed by atoms with van der Waals surface area (Å²) in [6.45, 7) is 2.73. The third kappa shape index (κ3) is 6.17. The van der Waals surface area contributed by atoms with Gasteiger partial charge in [0.05, 0.1) is 0 Å². The highest BCUT2D eigenvalue weighted by Crippen LogP contribution is 2.00. The van der Waals surface area contributed by atoms with Crippen LogP contribution in [0.25, 0.3) is 0 Å². The molecule has 0 rings (SSSR count). The molecule has 0 aromatic carbocycles. The number of likely N-dealkylation sites (N-methyl/N-ethyl adjacent to an activating group) is 1. The summed E-state index contributed by atoms with van der Waals surface area (Å²) in [6.07, 6.45) is 11.2. The van der Waals surface area contributed by atoms with Gasteiger partial charge in [0.25, 0.3) is 0 Å². The largest absolute Gasteiger partial charge is 0.378 e. The van der Waals surface area contributed by atoms with Crippen molar-refractivity contribution in [3.63, 3.8) is 0 Å². The predicted octanol–water partition coefficient (Wildman–Crippen LogP) is 1.91. The summed E-state index contributed by atoms with van der Waals surface area (Å²) in [6, 6.07) is 0. The van der Waals surface area contributed by atoms with Gasteiger partial charge in [-0.15, -0.1) is 0 Å². The zero-order valence-electron chi connectivity index (χ0n) is 8.83. The van der Waals surface area contributed by atoms with Crippen LogP contribution in [0.2, 0.25) is 0 Å². The van der Waals surface area contributed by atoms with Gasteiger partial charge in [-0.3, -0.25) is 0 Å². The molecule has 0 bridgehead atoms. The standard InChI is InChI=1S/C11H20N2/c1-4-8-11(13(2)3)9-6-5-7-10-12/h4-6,8-9H,7,10,12H2,1-3H3/b6-5+,8-4-,11-9+. The normalized spacial score (nSPS) is 13.1. The van der Waals surface area contributed by atoms with Crippen LogP contribution in [-0.2, 0) is 0 Å². The maximum atomic E-state index is 5.37. The van der Waals surface area contributed by atoms with E-state index in [1.165, 1.54) is 5.70 Å². The molecule has 0 aliphatic carbocycles. The van der Waals surface area contributed by atoms with Gasteiger partial charge >= 0.3 is 0 Å². The average molecular weight is 180 g/mol. The fraction of sp³-hybridized carbons (Fsp3) is 0.455. The summed E-state index contributed by atoms with van der Waals surface area (Å²) in [7, 11) is 4.06. The van der Waals surface area contributed by atoms with Gasteiger partial charge in [0, 0.05) is 19.8 Å². The van der Waals surface area contributed by atoms with E-state index in [-0.39, 0.29) is 0 Å². The highest BCUT2D eigenvalue weighted by atomic mass is 15.1. The molecular weight excluding hydrogens is 160 g/mol. The summed E-state index contributed by atoms with van der Waals surface area (Å²) < 4.78 is 0. The van der Waals surface area contributed by atoms with E-state index in [2.05, 4.69) is 23.1 Å². The first-order chi connectivity index (χ1) is 6.22. The van der Waals surface area contributed by atoms with Crippen LogP contribution in [-0.4, -0.2) is 25.5 Å². The smallest absolute Gasteiger partial charge is 0.0357 e. The van der Waals surface area contributed by atoms with Crippen LogP contribution in [0.3, 0.4) is 0 Å². The third-order valence-corrected chi connectivity index (χ3v) is 1.59. The third-order valence-electron chi connectivity index (χ3n) is 1.59. The summed E-state index contributed by atoms with van der Waals surface area (Å²) in [5.74, 6) is 0. The molecule has 74 valence electrons. The maximum absolute atomic E-state index is 5.37. The Bertz CT molecular complexity index is 200. The molecule has 0 amide bonds. The summed E-state index contributed by atoms with van der Waals surface area (Å²) in [4.78, 5) is 2.08. The minimum absolute atomic E-state index is 0.714. The molecule has 2 heteroatoms. The topological polar surface area (TPSA) is 29.3 Å². The van der Waals surface area contributed by atoms with Crippen molar-refractivity contribution < 1.29 is 0 Å². The lowest BCUT2D eigenvalue weighted by Gasteiger charge is -2.12. The summed E-state index contributed by atoms with van der Waals surface area (Å²) >= 11 is 0. The van der Waals surface area contributed by atoms with Crippen LogP contribution in [0.4, 0.5) is 0 Å². The first-order valence-electron chi connectivity index (χ1n) is 4.59. The van der Waals surface area contributed by atoms with Gasteiger partial charge in [-0.25, -0.2) is 0 Å². The maximum Gasteiger partial charge on any atom is 0.0357 e. The Labute approximate surface area is 81.4 Å². The van der Waals surface area contributed by atoms with Gasteiger partial charge in [0.15, 0.2) is 0 Å². The van der Waals surface area contributed by atoms with Crippen LogP contribution in [0.15, 0.2) is 36.1 Å². The molecule has 0 aliphatic heterocycles.